The highest BCUT2D eigenvalue weighted by molar-refractivity contribution is 7.71. The van der Waals surface area contributed by atoms with E-state index in [0.29, 0.717) is 4.77 Å². The number of aromatic nitrogens is 3. The Morgan fingerprint density at radius 1 is 1.17 bits per heavy atom. The molecule has 0 aliphatic carbocycles. The van der Waals surface area contributed by atoms with E-state index in [-0.39, 0.29) is 0 Å². The molecule has 0 saturated carbocycles. The number of rotatable bonds is 5. The Bertz CT molecular complexity index is 868. The molecule has 0 unspecified atom stereocenters. The SMILES string of the molecule is CCc1n[nH]c(=S)n1/N=C\c1cccc(Oc2ccccc2)c1. The number of H-pyrrole nitrogens is 1. The first-order valence-corrected chi connectivity index (χ1v) is 7.70. The fraction of sp³-hybridized carbons (Fsp3) is 0.118. The smallest absolute Gasteiger partial charge is 0.216 e. The lowest BCUT2D eigenvalue weighted by Crippen LogP contribution is -1.97. The molecule has 1 N–H and O–H groups in total. The molecule has 0 aliphatic rings. The van der Waals surface area contributed by atoms with Gasteiger partial charge in [0.05, 0.1) is 6.21 Å². The van der Waals surface area contributed by atoms with Crippen LogP contribution in [0.25, 0.3) is 0 Å². The molecule has 0 atom stereocenters. The number of aromatic amines is 1. The number of nitrogens with zero attached hydrogens (tertiary/aromatic N) is 3. The third-order valence-corrected chi connectivity index (χ3v) is 3.46. The number of nitrogens with one attached hydrogen (secondary N) is 1. The summed E-state index contributed by atoms with van der Waals surface area (Å²) in [6, 6.07) is 17.4. The lowest BCUT2D eigenvalue weighted by atomic mass is 10.2. The fourth-order valence-corrected chi connectivity index (χ4v) is 2.28. The molecule has 3 rings (SSSR count). The van der Waals surface area contributed by atoms with Gasteiger partial charge in [0.2, 0.25) is 4.77 Å². The Morgan fingerprint density at radius 3 is 2.74 bits per heavy atom. The zero-order chi connectivity index (χ0) is 16.1. The lowest BCUT2D eigenvalue weighted by Gasteiger charge is -2.05. The van der Waals surface area contributed by atoms with Gasteiger partial charge in [0.1, 0.15) is 11.5 Å². The molecular weight excluding hydrogens is 308 g/mol. The first-order valence-electron chi connectivity index (χ1n) is 7.30. The average molecular weight is 324 g/mol. The van der Waals surface area contributed by atoms with Gasteiger partial charge in [-0.2, -0.15) is 14.9 Å². The third kappa shape index (κ3) is 3.73. The maximum atomic E-state index is 5.82. The zero-order valence-electron chi connectivity index (χ0n) is 12.6. The van der Waals surface area contributed by atoms with Crippen molar-refractivity contribution in [2.75, 3.05) is 0 Å². The maximum absolute atomic E-state index is 5.82. The molecule has 0 aliphatic heterocycles. The number of aryl methyl sites for hydroxylation is 1. The largest absolute Gasteiger partial charge is 0.457 e. The summed E-state index contributed by atoms with van der Waals surface area (Å²) < 4.78 is 7.92. The van der Waals surface area contributed by atoms with Crippen LogP contribution in [0.2, 0.25) is 0 Å². The van der Waals surface area contributed by atoms with E-state index in [9.17, 15) is 0 Å². The molecule has 0 spiro atoms. The molecular formula is C17H16N4OS. The molecule has 1 aromatic heterocycles. The predicted octanol–water partition coefficient (Wildman–Crippen LogP) is 4.18. The van der Waals surface area contributed by atoms with Gasteiger partial charge >= 0.3 is 0 Å². The van der Waals surface area contributed by atoms with E-state index in [1.807, 2.05) is 61.5 Å². The summed E-state index contributed by atoms with van der Waals surface area (Å²) in [7, 11) is 0. The summed E-state index contributed by atoms with van der Waals surface area (Å²) in [5.74, 6) is 2.35. The number of para-hydroxylation sites is 1. The molecule has 0 bridgehead atoms. The molecule has 5 nitrogen and oxygen atoms in total. The summed E-state index contributed by atoms with van der Waals surface area (Å²) in [6.45, 7) is 2.01. The monoisotopic (exact) mass is 324 g/mol. The molecule has 23 heavy (non-hydrogen) atoms. The molecule has 0 fully saturated rings. The van der Waals surface area contributed by atoms with Crippen LogP contribution in [0.5, 0.6) is 11.5 Å². The van der Waals surface area contributed by atoms with Gasteiger partial charge in [-0.1, -0.05) is 37.3 Å². The van der Waals surface area contributed by atoms with Crippen molar-refractivity contribution in [3.05, 3.63) is 70.8 Å². The van der Waals surface area contributed by atoms with Crippen LogP contribution in [-0.4, -0.2) is 21.1 Å². The molecule has 6 heteroatoms. The zero-order valence-corrected chi connectivity index (χ0v) is 13.5. The van der Waals surface area contributed by atoms with Gasteiger partial charge in [-0.15, -0.1) is 0 Å². The minimum absolute atomic E-state index is 0.481. The lowest BCUT2D eigenvalue weighted by molar-refractivity contribution is 0.482. The van der Waals surface area contributed by atoms with Crippen molar-refractivity contribution < 1.29 is 4.74 Å². The second kappa shape index (κ2) is 7.02. The van der Waals surface area contributed by atoms with E-state index < -0.39 is 0 Å². The Morgan fingerprint density at radius 2 is 1.96 bits per heavy atom. The number of hydrogen-bond donors (Lipinski definition) is 1. The molecule has 116 valence electrons. The average Bonchev–Trinajstić information content (AvgIpc) is 2.94. The summed E-state index contributed by atoms with van der Waals surface area (Å²) in [4.78, 5) is 0. The van der Waals surface area contributed by atoms with Crippen LogP contribution in [0.15, 0.2) is 59.7 Å². The molecule has 2 aromatic carbocycles. The summed E-state index contributed by atoms with van der Waals surface area (Å²) in [5.41, 5.74) is 0.920. The number of hydrogen-bond acceptors (Lipinski definition) is 4. The standard InChI is InChI=1S/C17H16N4OS/c1-2-16-19-20-17(23)21(16)18-12-13-7-6-10-15(11-13)22-14-8-4-3-5-9-14/h3-12H,2H2,1H3,(H,20,23)/b18-12-. The molecule has 0 saturated heterocycles. The van der Waals surface area contributed by atoms with Crippen molar-refractivity contribution in [2.45, 2.75) is 13.3 Å². The van der Waals surface area contributed by atoms with Crippen LogP contribution in [0.4, 0.5) is 0 Å². The first kappa shape index (κ1) is 15.2. The van der Waals surface area contributed by atoms with Crippen LogP contribution < -0.4 is 4.74 Å². The molecule has 0 amide bonds. The van der Waals surface area contributed by atoms with E-state index in [0.717, 1.165) is 29.3 Å². The van der Waals surface area contributed by atoms with Gasteiger partial charge in [-0.3, -0.25) is 5.10 Å². The van der Waals surface area contributed by atoms with E-state index >= 15 is 0 Å². The second-order valence-corrected chi connectivity index (χ2v) is 5.23. The molecule has 0 radical (unpaired) electrons. The molecule has 1 heterocycles. The first-order chi connectivity index (χ1) is 11.3. The van der Waals surface area contributed by atoms with Crippen molar-refractivity contribution >= 4 is 18.4 Å². The van der Waals surface area contributed by atoms with Crippen LogP contribution >= 0.6 is 12.2 Å². The summed E-state index contributed by atoms with van der Waals surface area (Å²) in [6.07, 6.45) is 2.49. The van der Waals surface area contributed by atoms with Gasteiger partial charge in [0, 0.05) is 6.42 Å². The maximum Gasteiger partial charge on any atom is 0.216 e. The number of benzene rings is 2. The van der Waals surface area contributed by atoms with E-state index in [4.69, 9.17) is 17.0 Å². The minimum atomic E-state index is 0.481. The Hall–Kier alpha value is -2.73. The van der Waals surface area contributed by atoms with Crippen molar-refractivity contribution in [2.24, 2.45) is 5.10 Å². The number of ether oxygens (including phenoxy) is 1. The van der Waals surface area contributed by atoms with Crippen molar-refractivity contribution in [1.82, 2.24) is 14.9 Å². The van der Waals surface area contributed by atoms with Crippen LogP contribution in [0.1, 0.15) is 18.3 Å². The van der Waals surface area contributed by atoms with Gasteiger partial charge in [-0.05, 0) is 42.0 Å². The van der Waals surface area contributed by atoms with Crippen LogP contribution in [0.3, 0.4) is 0 Å². The minimum Gasteiger partial charge on any atom is -0.457 e. The van der Waals surface area contributed by atoms with E-state index in [1.165, 1.54) is 0 Å². The topological polar surface area (TPSA) is 55.2 Å². The van der Waals surface area contributed by atoms with Crippen LogP contribution in [0, 0.1) is 4.77 Å². The second-order valence-electron chi connectivity index (χ2n) is 4.84. The summed E-state index contributed by atoms with van der Waals surface area (Å²) >= 11 is 5.17. The van der Waals surface area contributed by atoms with Gasteiger partial charge in [0.15, 0.2) is 5.82 Å². The highest BCUT2D eigenvalue weighted by Gasteiger charge is 2.02. The Labute approximate surface area is 139 Å². The van der Waals surface area contributed by atoms with Gasteiger partial charge < -0.3 is 4.74 Å². The van der Waals surface area contributed by atoms with Gasteiger partial charge in [0.25, 0.3) is 0 Å². The quantitative estimate of drug-likeness (QED) is 0.566. The van der Waals surface area contributed by atoms with E-state index in [2.05, 4.69) is 15.3 Å². The Balaban J connectivity index is 1.81. The van der Waals surface area contributed by atoms with Crippen molar-refractivity contribution in [3.63, 3.8) is 0 Å². The Kier molecular flexibility index (Phi) is 4.63. The normalized spacial score (nSPS) is 11.0. The van der Waals surface area contributed by atoms with Crippen molar-refractivity contribution in [1.29, 1.82) is 0 Å². The van der Waals surface area contributed by atoms with Crippen LogP contribution in [-0.2, 0) is 6.42 Å². The van der Waals surface area contributed by atoms with Crippen molar-refractivity contribution in [3.8, 4) is 11.5 Å². The third-order valence-electron chi connectivity index (χ3n) is 3.19. The highest BCUT2D eigenvalue weighted by Crippen LogP contribution is 2.21. The fourth-order valence-electron chi connectivity index (χ4n) is 2.08. The van der Waals surface area contributed by atoms with E-state index in [1.54, 1.807) is 10.9 Å². The van der Waals surface area contributed by atoms with Gasteiger partial charge in [-0.25, -0.2) is 0 Å². The highest BCUT2D eigenvalue weighted by atomic mass is 32.1. The molecule has 3 aromatic rings. The summed E-state index contributed by atoms with van der Waals surface area (Å²) in [5, 5.41) is 11.3. The predicted molar refractivity (Wildman–Crippen MR) is 92.7 cm³/mol.